The van der Waals surface area contributed by atoms with E-state index >= 15 is 0 Å². The minimum atomic E-state index is -0.0984. The highest BCUT2D eigenvalue weighted by atomic mass is 35.5. The molecule has 0 unspecified atom stereocenters. The smallest absolute Gasteiger partial charge is 0.160 e. The molecule has 0 aliphatic rings. The van der Waals surface area contributed by atoms with Gasteiger partial charge >= 0.3 is 0 Å². The molecule has 1 heterocycles. The number of hydrogen-bond donors (Lipinski definition) is 1. The molecule has 0 radical (unpaired) electrons. The molecule has 0 spiro atoms. The number of fused-ring (bicyclic) bond motifs is 1. The molecule has 6 heteroatoms. The second-order valence-corrected chi connectivity index (χ2v) is 4.05. The molecule has 0 saturated carbocycles. The molecule has 0 aliphatic carbocycles. The van der Waals surface area contributed by atoms with Crippen LogP contribution >= 0.6 is 23.2 Å². The highest BCUT2D eigenvalue weighted by Crippen LogP contribution is 2.35. The highest BCUT2D eigenvalue weighted by molar-refractivity contribution is 6.39. The molecule has 0 bridgehead atoms. The summed E-state index contributed by atoms with van der Waals surface area (Å²) in [6.07, 6.45) is 1.42. The molecule has 0 saturated heterocycles. The summed E-state index contributed by atoms with van der Waals surface area (Å²) in [5, 5.41) is 14.6. The van der Waals surface area contributed by atoms with Crippen LogP contribution in [0, 0.1) is 0 Å². The minimum Gasteiger partial charge on any atom is -0.504 e. The number of aromatic nitrogens is 1. The lowest BCUT2D eigenvalue weighted by Crippen LogP contribution is -1.90. The first-order chi connectivity index (χ1) is 8.13. The van der Waals surface area contributed by atoms with E-state index in [1.807, 2.05) is 0 Å². The SMILES string of the molecule is CO/N=C/c1ccc2c(Cl)cc(Cl)c(O)c2n1. The van der Waals surface area contributed by atoms with Gasteiger partial charge in [-0.15, -0.1) is 0 Å². The minimum absolute atomic E-state index is 0.0984. The third-order valence-corrected chi connectivity index (χ3v) is 2.77. The van der Waals surface area contributed by atoms with Crippen LogP contribution in [0.2, 0.25) is 10.0 Å². The van der Waals surface area contributed by atoms with Gasteiger partial charge < -0.3 is 9.94 Å². The maximum atomic E-state index is 9.80. The average Bonchev–Trinajstić information content (AvgIpc) is 2.33. The number of phenols is 1. The first-order valence-corrected chi connectivity index (χ1v) is 5.43. The van der Waals surface area contributed by atoms with E-state index in [1.54, 1.807) is 12.1 Å². The Morgan fingerprint density at radius 2 is 2.12 bits per heavy atom. The van der Waals surface area contributed by atoms with Crippen LogP contribution in [-0.4, -0.2) is 23.4 Å². The van der Waals surface area contributed by atoms with Gasteiger partial charge in [0, 0.05) is 5.39 Å². The Morgan fingerprint density at radius 1 is 1.35 bits per heavy atom. The zero-order valence-electron chi connectivity index (χ0n) is 8.82. The van der Waals surface area contributed by atoms with E-state index < -0.39 is 0 Å². The summed E-state index contributed by atoms with van der Waals surface area (Å²) in [4.78, 5) is 8.74. The predicted octanol–water partition coefficient (Wildman–Crippen LogP) is 3.23. The summed E-state index contributed by atoms with van der Waals surface area (Å²) in [5.41, 5.74) is 0.871. The largest absolute Gasteiger partial charge is 0.504 e. The summed E-state index contributed by atoms with van der Waals surface area (Å²) in [5.74, 6) is -0.0984. The average molecular weight is 271 g/mol. The molecule has 0 amide bonds. The van der Waals surface area contributed by atoms with Crippen molar-refractivity contribution < 1.29 is 9.94 Å². The number of phenolic OH excluding ortho intramolecular Hbond substituents is 1. The van der Waals surface area contributed by atoms with Gasteiger partial charge in [-0.1, -0.05) is 28.4 Å². The fourth-order valence-corrected chi connectivity index (χ4v) is 1.91. The fourth-order valence-electron chi connectivity index (χ4n) is 1.40. The lowest BCUT2D eigenvalue weighted by Gasteiger charge is -2.05. The second kappa shape index (κ2) is 4.77. The zero-order chi connectivity index (χ0) is 12.4. The maximum absolute atomic E-state index is 9.80. The Kier molecular flexibility index (Phi) is 3.36. The summed E-state index contributed by atoms with van der Waals surface area (Å²) in [6.45, 7) is 0. The number of rotatable bonds is 2. The van der Waals surface area contributed by atoms with Crippen molar-refractivity contribution in [1.82, 2.24) is 4.98 Å². The molecule has 2 aromatic rings. The molecular formula is C11H8Cl2N2O2. The van der Waals surface area contributed by atoms with Crippen molar-refractivity contribution >= 4 is 40.3 Å². The van der Waals surface area contributed by atoms with Crippen molar-refractivity contribution in [2.45, 2.75) is 0 Å². The number of pyridine rings is 1. The van der Waals surface area contributed by atoms with Crippen LogP contribution in [0.15, 0.2) is 23.4 Å². The van der Waals surface area contributed by atoms with Crippen LogP contribution in [0.25, 0.3) is 10.9 Å². The Morgan fingerprint density at radius 3 is 2.82 bits per heavy atom. The van der Waals surface area contributed by atoms with Crippen molar-refractivity contribution in [3.8, 4) is 5.75 Å². The predicted molar refractivity (Wildman–Crippen MR) is 68.0 cm³/mol. The van der Waals surface area contributed by atoms with E-state index in [0.29, 0.717) is 21.6 Å². The standard InChI is InChI=1S/C11H8Cl2N2O2/c1-17-14-5-6-2-3-7-8(12)4-9(13)11(16)10(7)15-6/h2-5,16H,1H3/b14-5+. The Bertz CT molecular complexity index is 600. The molecule has 88 valence electrons. The van der Waals surface area contributed by atoms with Gasteiger partial charge in [0.1, 0.15) is 12.6 Å². The molecule has 2 rings (SSSR count). The van der Waals surface area contributed by atoms with Crippen LogP contribution in [0.4, 0.5) is 0 Å². The van der Waals surface area contributed by atoms with Gasteiger partial charge in [0.05, 0.1) is 22.0 Å². The normalized spacial score (nSPS) is 11.2. The first-order valence-electron chi connectivity index (χ1n) is 4.67. The number of aromatic hydroxyl groups is 1. The van der Waals surface area contributed by atoms with Crippen molar-refractivity contribution in [3.63, 3.8) is 0 Å². The Hall–Kier alpha value is -1.52. The van der Waals surface area contributed by atoms with Gasteiger partial charge in [-0.25, -0.2) is 4.98 Å². The fraction of sp³-hybridized carbons (Fsp3) is 0.0909. The quantitative estimate of drug-likeness (QED) is 0.674. The molecule has 17 heavy (non-hydrogen) atoms. The lowest BCUT2D eigenvalue weighted by atomic mass is 10.2. The van der Waals surface area contributed by atoms with Crippen molar-refractivity contribution in [3.05, 3.63) is 33.9 Å². The lowest BCUT2D eigenvalue weighted by molar-refractivity contribution is 0.215. The van der Waals surface area contributed by atoms with E-state index in [2.05, 4.69) is 15.0 Å². The molecule has 1 aromatic carbocycles. The van der Waals surface area contributed by atoms with E-state index in [1.165, 1.54) is 19.4 Å². The van der Waals surface area contributed by atoms with Crippen molar-refractivity contribution in [2.75, 3.05) is 7.11 Å². The van der Waals surface area contributed by atoms with Crippen LogP contribution in [0.3, 0.4) is 0 Å². The van der Waals surface area contributed by atoms with E-state index in [9.17, 15) is 5.11 Å². The van der Waals surface area contributed by atoms with E-state index in [-0.39, 0.29) is 10.8 Å². The molecule has 0 atom stereocenters. The number of hydrogen-bond acceptors (Lipinski definition) is 4. The van der Waals surface area contributed by atoms with Crippen LogP contribution in [0.5, 0.6) is 5.75 Å². The monoisotopic (exact) mass is 270 g/mol. The summed E-state index contributed by atoms with van der Waals surface area (Å²) in [6, 6.07) is 4.92. The van der Waals surface area contributed by atoms with Crippen LogP contribution in [-0.2, 0) is 4.84 Å². The van der Waals surface area contributed by atoms with E-state index in [0.717, 1.165) is 0 Å². The molecular weight excluding hydrogens is 263 g/mol. The number of halogens is 2. The van der Waals surface area contributed by atoms with Gasteiger partial charge in [-0.2, -0.15) is 0 Å². The summed E-state index contributed by atoms with van der Waals surface area (Å²) < 4.78 is 0. The summed E-state index contributed by atoms with van der Waals surface area (Å²) >= 11 is 11.8. The first kappa shape index (κ1) is 12.0. The summed E-state index contributed by atoms with van der Waals surface area (Å²) in [7, 11) is 1.43. The topological polar surface area (TPSA) is 54.7 Å². The number of oxime groups is 1. The zero-order valence-corrected chi connectivity index (χ0v) is 10.3. The van der Waals surface area contributed by atoms with Gasteiger partial charge in [-0.05, 0) is 18.2 Å². The molecule has 4 nitrogen and oxygen atoms in total. The molecule has 0 fully saturated rings. The molecule has 1 aromatic heterocycles. The second-order valence-electron chi connectivity index (χ2n) is 3.24. The van der Waals surface area contributed by atoms with Gasteiger partial charge in [0.2, 0.25) is 0 Å². The number of nitrogens with zero attached hydrogens (tertiary/aromatic N) is 2. The number of benzene rings is 1. The highest BCUT2D eigenvalue weighted by Gasteiger charge is 2.10. The Balaban J connectivity index is 2.67. The third-order valence-electron chi connectivity index (χ3n) is 2.17. The van der Waals surface area contributed by atoms with Gasteiger partial charge in [0.25, 0.3) is 0 Å². The molecule has 0 aliphatic heterocycles. The maximum Gasteiger partial charge on any atom is 0.160 e. The van der Waals surface area contributed by atoms with Crippen LogP contribution < -0.4 is 0 Å². The molecule has 1 N–H and O–H groups in total. The Labute approximate surface area is 107 Å². The van der Waals surface area contributed by atoms with Gasteiger partial charge in [-0.3, -0.25) is 0 Å². The third kappa shape index (κ3) is 2.28. The van der Waals surface area contributed by atoms with Gasteiger partial charge in [0.15, 0.2) is 5.75 Å². The van der Waals surface area contributed by atoms with Crippen molar-refractivity contribution in [2.24, 2.45) is 5.16 Å². The van der Waals surface area contributed by atoms with Crippen LogP contribution in [0.1, 0.15) is 5.69 Å². The van der Waals surface area contributed by atoms with Crippen molar-refractivity contribution in [1.29, 1.82) is 0 Å². The van der Waals surface area contributed by atoms with E-state index in [4.69, 9.17) is 23.2 Å².